The van der Waals surface area contributed by atoms with Gasteiger partial charge in [-0.25, -0.2) is 19.2 Å². The largest absolute Gasteiger partial charge is 0.444 e. The zero-order chi connectivity index (χ0) is 33.5. The maximum absolute atomic E-state index is 14.4. The average molecular weight is 724 g/mol. The number of allylic oxidation sites excluding steroid dienone is 1. The Morgan fingerprint density at radius 1 is 1.18 bits per heavy atom. The number of aliphatic imine (C=N–C) groups is 1. The van der Waals surface area contributed by atoms with Gasteiger partial charge in [-0.2, -0.15) is 18.6 Å². The van der Waals surface area contributed by atoms with Crippen LogP contribution in [-0.2, 0) is 20.5 Å². The van der Waals surface area contributed by atoms with Gasteiger partial charge in [0, 0.05) is 29.8 Å². The topological polar surface area (TPSA) is 107 Å². The Labute approximate surface area is 272 Å². The summed E-state index contributed by atoms with van der Waals surface area (Å²) < 4.78 is 59.1. The minimum Gasteiger partial charge on any atom is -0.444 e. The molecule has 16 heteroatoms. The number of halogens is 6. The van der Waals surface area contributed by atoms with Crippen LogP contribution < -0.4 is 10.7 Å². The van der Waals surface area contributed by atoms with Crippen LogP contribution in [0, 0.1) is 11.2 Å². The van der Waals surface area contributed by atoms with E-state index in [1.54, 1.807) is 30.6 Å². The number of hydrazine groups is 1. The van der Waals surface area contributed by atoms with E-state index < -0.39 is 50.7 Å². The van der Waals surface area contributed by atoms with Gasteiger partial charge < -0.3 is 19.9 Å². The first kappa shape index (κ1) is 35.0. The molecule has 1 fully saturated rings. The number of likely N-dealkylation sites (tertiary alicyclic amines) is 1. The van der Waals surface area contributed by atoms with E-state index >= 15 is 0 Å². The van der Waals surface area contributed by atoms with Crippen LogP contribution in [0.15, 0.2) is 28.4 Å². The Kier molecular flexibility index (Phi) is 10.2. The molecule has 3 heterocycles. The number of nitrogens with zero attached hydrogens (tertiary/aromatic N) is 4. The second kappa shape index (κ2) is 13.1. The SMILES string of the molecule is CC.CC(C)(C)OC(=O)N1CCC2(CCCC3=C2C(=O)N2NC(Br)N=C2N3CC(=O)Nc2ccc(C(F)(F)F)c(F)c2Cl)CC1. The van der Waals surface area contributed by atoms with E-state index in [1.807, 2.05) is 13.8 Å². The Hall–Kier alpha value is -2.91. The molecule has 0 aromatic heterocycles. The number of hydrogen-bond donors (Lipinski definition) is 2. The molecule has 1 unspecified atom stereocenters. The van der Waals surface area contributed by atoms with E-state index in [4.69, 9.17) is 16.3 Å². The standard InChI is InChI=1S/C27H30BrClF4N6O4.C2H6/c1-25(2,3)43-24(42)37-11-9-26(10-12-37)8-4-5-16-18(26)21(41)39-23(35-22(28)36-39)38(16)13-17(40)34-15-7-6-14(27(31,32)33)20(30)19(15)29;1-2/h6-7,22,36H,4-5,8-13H2,1-3H3,(H,34,40);1-2H3. The first-order valence-electron chi connectivity index (χ1n) is 14.7. The Morgan fingerprint density at radius 3 is 2.42 bits per heavy atom. The highest BCUT2D eigenvalue weighted by Crippen LogP contribution is 2.51. The lowest BCUT2D eigenvalue weighted by molar-refractivity contribution is -0.140. The lowest BCUT2D eigenvalue weighted by Gasteiger charge is -2.50. The van der Waals surface area contributed by atoms with Gasteiger partial charge in [0.1, 0.15) is 17.2 Å². The van der Waals surface area contributed by atoms with Crippen LogP contribution in [0.4, 0.5) is 28.0 Å². The highest BCUT2D eigenvalue weighted by Gasteiger charge is 2.52. The number of nitrogens with one attached hydrogen (secondary N) is 2. The van der Waals surface area contributed by atoms with Gasteiger partial charge in [0.05, 0.1) is 11.3 Å². The highest BCUT2D eigenvalue weighted by molar-refractivity contribution is 9.09. The highest BCUT2D eigenvalue weighted by atomic mass is 79.9. The van der Waals surface area contributed by atoms with Gasteiger partial charge in [-0.15, -0.1) is 0 Å². The summed E-state index contributed by atoms with van der Waals surface area (Å²) in [7, 11) is 0. The summed E-state index contributed by atoms with van der Waals surface area (Å²) in [5, 5.41) is 2.14. The van der Waals surface area contributed by atoms with Crippen LogP contribution in [0.1, 0.15) is 72.3 Å². The molecule has 0 saturated carbocycles. The number of amides is 3. The second-order valence-corrected chi connectivity index (χ2v) is 13.1. The number of guanidine groups is 1. The summed E-state index contributed by atoms with van der Waals surface area (Å²) in [6.45, 7) is 9.77. The van der Waals surface area contributed by atoms with Gasteiger partial charge >= 0.3 is 12.3 Å². The van der Waals surface area contributed by atoms with Crippen molar-refractivity contribution in [2.45, 2.75) is 83.6 Å². The fourth-order valence-corrected chi connectivity index (χ4v) is 6.60. The molecule has 2 N–H and O–H groups in total. The average Bonchev–Trinajstić information content (AvgIpc) is 3.35. The van der Waals surface area contributed by atoms with Gasteiger partial charge in [-0.05, 0) is 80.9 Å². The van der Waals surface area contributed by atoms with Crippen LogP contribution in [0.25, 0.3) is 0 Å². The normalized spacial score (nSPS) is 21.1. The summed E-state index contributed by atoms with van der Waals surface area (Å²) in [5.74, 6) is -2.52. The van der Waals surface area contributed by atoms with E-state index in [2.05, 4.69) is 31.7 Å². The minimum absolute atomic E-state index is 0.175. The Bertz CT molecular complexity index is 1420. The fraction of sp³-hybridized carbons (Fsp3) is 0.586. The lowest BCUT2D eigenvalue weighted by atomic mass is 9.64. The van der Waals surface area contributed by atoms with Crippen molar-refractivity contribution in [3.8, 4) is 0 Å². The predicted molar refractivity (Wildman–Crippen MR) is 164 cm³/mol. The van der Waals surface area contributed by atoms with Crippen molar-refractivity contribution in [3.05, 3.63) is 39.8 Å². The number of anilines is 1. The van der Waals surface area contributed by atoms with Gasteiger partial charge in [0.15, 0.2) is 10.9 Å². The van der Waals surface area contributed by atoms with Crippen molar-refractivity contribution in [2.75, 3.05) is 25.0 Å². The number of fused-ring (bicyclic) bond motifs is 2. The molecule has 0 radical (unpaired) electrons. The lowest BCUT2D eigenvalue weighted by Crippen LogP contribution is -2.59. The molecule has 1 aromatic carbocycles. The van der Waals surface area contributed by atoms with Crippen molar-refractivity contribution in [3.63, 3.8) is 0 Å². The molecule has 0 bridgehead atoms. The molecule has 1 saturated heterocycles. The molecule has 248 valence electrons. The summed E-state index contributed by atoms with van der Waals surface area (Å²) in [4.78, 5) is 47.5. The molecular weight excluding hydrogens is 688 g/mol. The second-order valence-electron chi connectivity index (χ2n) is 11.9. The molecule has 3 amide bonds. The summed E-state index contributed by atoms with van der Waals surface area (Å²) >= 11 is 9.18. The predicted octanol–water partition coefficient (Wildman–Crippen LogP) is 6.61. The van der Waals surface area contributed by atoms with Gasteiger partial charge in [-0.1, -0.05) is 25.4 Å². The maximum atomic E-state index is 14.4. The van der Waals surface area contributed by atoms with Crippen LogP contribution in [0.5, 0.6) is 0 Å². The zero-order valence-corrected chi connectivity index (χ0v) is 27.9. The summed E-state index contributed by atoms with van der Waals surface area (Å²) in [6, 6.07) is 1.40. The van der Waals surface area contributed by atoms with Crippen molar-refractivity contribution < 1.29 is 36.7 Å². The molecule has 1 atom stereocenters. The zero-order valence-electron chi connectivity index (χ0n) is 25.6. The van der Waals surface area contributed by atoms with E-state index in [9.17, 15) is 31.9 Å². The third-order valence-corrected chi connectivity index (χ3v) is 8.65. The van der Waals surface area contributed by atoms with Crippen molar-refractivity contribution >= 4 is 57.1 Å². The van der Waals surface area contributed by atoms with E-state index in [1.165, 1.54) is 5.01 Å². The van der Waals surface area contributed by atoms with Crippen LogP contribution >= 0.6 is 27.5 Å². The van der Waals surface area contributed by atoms with E-state index in [-0.39, 0.29) is 24.1 Å². The smallest absolute Gasteiger partial charge is 0.419 e. The van der Waals surface area contributed by atoms with Crippen LogP contribution in [0.2, 0.25) is 5.02 Å². The van der Waals surface area contributed by atoms with Gasteiger partial charge in [0.2, 0.25) is 11.9 Å². The number of hydrogen-bond acceptors (Lipinski definition) is 7. The maximum Gasteiger partial charge on any atom is 0.419 e. The Morgan fingerprint density at radius 2 is 1.82 bits per heavy atom. The Balaban J connectivity index is 0.00000226. The molecular formula is C29H36BrClF4N6O4. The van der Waals surface area contributed by atoms with Crippen molar-refractivity contribution in [1.29, 1.82) is 0 Å². The van der Waals surface area contributed by atoms with Crippen molar-refractivity contribution in [1.82, 2.24) is 20.2 Å². The molecule has 5 rings (SSSR count). The van der Waals surface area contributed by atoms with Gasteiger partial charge in [-0.3, -0.25) is 9.59 Å². The van der Waals surface area contributed by atoms with Gasteiger partial charge in [0.25, 0.3) is 5.91 Å². The number of alkyl halides is 4. The molecule has 1 aliphatic carbocycles. The number of piperidine rings is 1. The molecule has 45 heavy (non-hydrogen) atoms. The first-order valence-corrected chi connectivity index (χ1v) is 16.0. The number of rotatable bonds is 3. The molecule has 3 aliphatic heterocycles. The molecule has 10 nitrogen and oxygen atoms in total. The summed E-state index contributed by atoms with van der Waals surface area (Å²) in [6.07, 6.45) is -2.46. The quantitative estimate of drug-likeness (QED) is 0.207. The molecule has 1 aromatic rings. The van der Waals surface area contributed by atoms with E-state index in [0.717, 1.165) is 6.07 Å². The minimum atomic E-state index is -4.96. The number of ether oxygens (including phenoxy) is 1. The molecule has 4 aliphatic rings. The fourth-order valence-electron chi connectivity index (χ4n) is 6.00. The number of carbonyl (C=O) groups excluding carboxylic acids is 3. The van der Waals surface area contributed by atoms with Crippen LogP contribution in [-0.4, -0.2) is 69.0 Å². The third-order valence-electron chi connectivity index (χ3n) is 7.87. The number of benzene rings is 1. The van der Waals surface area contributed by atoms with Crippen molar-refractivity contribution in [2.24, 2.45) is 10.4 Å². The third kappa shape index (κ3) is 7.09. The molecule has 1 spiro atoms. The first-order chi connectivity index (χ1) is 21.0. The monoisotopic (exact) mass is 722 g/mol. The number of carbonyl (C=O) groups is 3. The summed E-state index contributed by atoms with van der Waals surface area (Å²) in [5.41, 5.74) is 0.996. The van der Waals surface area contributed by atoms with E-state index in [0.29, 0.717) is 62.5 Å². The van der Waals surface area contributed by atoms with Crippen LogP contribution in [0.3, 0.4) is 0 Å².